The van der Waals surface area contributed by atoms with E-state index in [1.807, 2.05) is 18.2 Å². The molecule has 24 heavy (non-hydrogen) atoms. The molecule has 1 heterocycles. The number of benzene rings is 1. The Labute approximate surface area is 156 Å². The van der Waals surface area contributed by atoms with Crippen molar-refractivity contribution in [2.45, 2.75) is 12.8 Å². The highest BCUT2D eigenvalue weighted by Crippen LogP contribution is 2.33. The smallest absolute Gasteiger partial charge is 0.266 e. The first kappa shape index (κ1) is 18.9. The zero-order chi connectivity index (χ0) is 17.7. The van der Waals surface area contributed by atoms with Crippen molar-refractivity contribution in [3.63, 3.8) is 0 Å². The standard InChI is InChI=1S/C16H18ClN3O2S2/c1-19(2)18-14(21)8-5-9-20-15(22)13(24-16(20)23)10-11-6-3-4-7-12(11)17/h3-4,6-7,10H,5,8-9H2,1-2H3,(H,18,21)/b13-10-. The molecule has 1 fully saturated rings. The molecule has 2 rings (SSSR count). The lowest BCUT2D eigenvalue weighted by molar-refractivity contribution is -0.126. The van der Waals surface area contributed by atoms with Crippen molar-refractivity contribution in [3.05, 3.63) is 39.8 Å². The van der Waals surface area contributed by atoms with Crippen LogP contribution in [0, 0.1) is 0 Å². The maximum absolute atomic E-state index is 12.5. The van der Waals surface area contributed by atoms with Gasteiger partial charge in [-0.25, -0.2) is 5.01 Å². The van der Waals surface area contributed by atoms with E-state index in [0.29, 0.717) is 33.6 Å². The van der Waals surface area contributed by atoms with Crippen LogP contribution in [0.3, 0.4) is 0 Å². The summed E-state index contributed by atoms with van der Waals surface area (Å²) in [6.07, 6.45) is 2.63. The highest BCUT2D eigenvalue weighted by Gasteiger charge is 2.31. The molecule has 5 nitrogen and oxygen atoms in total. The quantitative estimate of drug-likeness (QED) is 0.465. The van der Waals surface area contributed by atoms with Gasteiger partial charge in [-0.15, -0.1) is 0 Å². The molecule has 1 aliphatic heterocycles. The lowest BCUT2D eigenvalue weighted by atomic mass is 10.2. The summed E-state index contributed by atoms with van der Waals surface area (Å²) in [4.78, 5) is 26.2. The molecule has 0 spiro atoms. The molecule has 8 heteroatoms. The van der Waals surface area contributed by atoms with E-state index in [-0.39, 0.29) is 11.8 Å². The molecule has 1 N–H and O–H groups in total. The van der Waals surface area contributed by atoms with Crippen LogP contribution >= 0.6 is 35.6 Å². The maximum atomic E-state index is 12.5. The van der Waals surface area contributed by atoms with Crippen LogP contribution < -0.4 is 5.43 Å². The summed E-state index contributed by atoms with van der Waals surface area (Å²) >= 11 is 12.7. The van der Waals surface area contributed by atoms with E-state index in [1.165, 1.54) is 16.7 Å². The van der Waals surface area contributed by atoms with Crippen LogP contribution in [-0.4, -0.2) is 46.7 Å². The summed E-state index contributed by atoms with van der Waals surface area (Å²) < 4.78 is 0.506. The number of carbonyl (C=O) groups excluding carboxylic acids is 2. The number of thiocarbonyl (C=S) groups is 1. The van der Waals surface area contributed by atoms with Crippen molar-refractivity contribution in [2.75, 3.05) is 20.6 Å². The summed E-state index contributed by atoms with van der Waals surface area (Å²) in [5, 5.41) is 2.18. The predicted molar refractivity (Wildman–Crippen MR) is 102 cm³/mol. The molecule has 2 amide bonds. The van der Waals surface area contributed by atoms with Gasteiger partial charge in [0, 0.05) is 32.1 Å². The molecular weight excluding hydrogens is 366 g/mol. The van der Waals surface area contributed by atoms with E-state index in [4.69, 9.17) is 23.8 Å². The molecule has 1 aromatic carbocycles. The molecular formula is C16H18ClN3O2S2. The Morgan fingerprint density at radius 2 is 2.12 bits per heavy atom. The number of rotatable bonds is 6. The molecule has 0 radical (unpaired) electrons. The third-order valence-electron chi connectivity index (χ3n) is 3.20. The zero-order valence-electron chi connectivity index (χ0n) is 13.4. The molecule has 0 aliphatic carbocycles. The van der Waals surface area contributed by atoms with Gasteiger partial charge in [0.15, 0.2) is 0 Å². The van der Waals surface area contributed by atoms with Gasteiger partial charge >= 0.3 is 0 Å². The van der Waals surface area contributed by atoms with E-state index in [2.05, 4.69) is 5.43 Å². The van der Waals surface area contributed by atoms with Crippen molar-refractivity contribution >= 4 is 57.8 Å². The average molecular weight is 384 g/mol. The fourth-order valence-corrected chi connectivity index (χ4v) is 3.62. The monoisotopic (exact) mass is 383 g/mol. The Balaban J connectivity index is 1.97. The first-order valence-electron chi connectivity index (χ1n) is 7.35. The summed E-state index contributed by atoms with van der Waals surface area (Å²) in [6, 6.07) is 7.32. The van der Waals surface area contributed by atoms with Crippen LogP contribution in [0.25, 0.3) is 6.08 Å². The number of thioether (sulfide) groups is 1. The molecule has 0 bridgehead atoms. The van der Waals surface area contributed by atoms with Gasteiger partial charge in [-0.2, -0.15) is 0 Å². The van der Waals surface area contributed by atoms with E-state index in [1.54, 1.807) is 31.2 Å². The first-order valence-corrected chi connectivity index (χ1v) is 8.95. The summed E-state index contributed by atoms with van der Waals surface area (Å²) in [6.45, 7) is 0.422. The summed E-state index contributed by atoms with van der Waals surface area (Å²) in [5.41, 5.74) is 3.45. The normalized spacial score (nSPS) is 16.3. The Hall–Kier alpha value is -1.41. The van der Waals surface area contributed by atoms with E-state index in [9.17, 15) is 9.59 Å². The third kappa shape index (κ3) is 5.04. The lowest BCUT2D eigenvalue weighted by Gasteiger charge is -2.15. The van der Waals surface area contributed by atoms with Gasteiger partial charge < -0.3 is 0 Å². The summed E-state index contributed by atoms with van der Waals surface area (Å²) in [5.74, 6) is -0.227. The fourth-order valence-electron chi connectivity index (χ4n) is 2.13. The third-order valence-corrected chi connectivity index (χ3v) is 4.92. The van der Waals surface area contributed by atoms with Gasteiger partial charge in [0.2, 0.25) is 5.91 Å². The Morgan fingerprint density at radius 1 is 1.42 bits per heavy atom. The van der Waals surface area contributed by atoms with Crippen LogP contribution in [-0.2, 0) is 9.59 Å². The minimum atomic E-state index is -0.141. The molecule has 0 unspecified atom stereocenters. The number of carbonyl (C=O) groups is 2. The number of nitrogens with zero attached hydrogens (tertiary/aromatic N) is 2. The van der Waals surface area contributed by atoms with Gasteiger partial charge in [-0.05, 0) is 24.1 Å². The largest absolute Gasteiger partial charge is 0.293 e. The highest BCUT2D eigenvalue weighted by atomic mass is 35.5. The second-order valence-corrected chi connectivity index (χ2v) is 7.47. The van der Waals surface area contributed by atoms with Crippen molar-refractivity contribution in [1.82, 2.24) is 15.3 Å². The van der Waals surface area contributed by atoms with Gasteiger partial charge in [0.1, 0.15) is 4.32 Å². The maximum Gasteiger partial charge on any atom is 0.266 e. The lowest BCUT2D eigenvalue weighted by Crippen LogP contribution is -2.36. The van der Waals surface area contributed by atoms with Crippen LogP contribution in [0.2, 0.25) is 5.02 Å². The second kappa shape index (κ2) is 8.62. The number of amides is 2. The SMILES string of the molecule is CN(C)NC(=O)CCCN1C(=O)/C(=C/c2ccccc2Cl)SC1=S. The van der Waals surface area contributed by atoms with Crippen LogP contribution in [0.5, 0.6) is 0 Å². The van der Waals surface area contributed by atoms with Crippen molar-refractivity contribution < 1.29 is 9.59 Å². The first-order chi connectivity index (χ1) is 11.4. The number of hydrazine groups is 1. The number of nitrogens with one attached hydrogen (secondary N) is 1. The van der Waals surface area contributed by atoms with Crippen molar-refractivity contribution in [2.24, 2.45) is 0 Å². The molecule has 128 valence electrons. The van der Waals surface area contributed by atoms with Gasteiger partial charge in [-0.1, -0.05) is 53.8 Å². The highest BCUT2D eigenvalue weighted by molar-refractivity contribution is 8.26. The Morgan fingerprint density at radius 3 is 2.79 bits per heavy atom. The zero-order valence-corrected chi connectivity index (χ0v) is 15.8. The molecule has 0 aromatic heterocycles. The Kier molecular flexibility index (Phi) is 6.79. The van der Waals surface area contributed by atoms with Crippen molar-refractivity contribution in [1.29, 1.82) is 0 Å². The minimum absolute atomic E-state index is 0.0861. The van der Waals surface area contributed by atoms with Gasteiger partial charge in [-0.3, -0.25) is 19.9 Å². The van der Waals surface area contributed by atoms with Crippen LogP contribution in [0.4, 0.5) is 0 Å². The molecule has 1 aromatic rings. The number of hydrogen-bond acceptors (Lipinski definition) is 5. The second-order valence-electron chi connectivity index (χ2n) is 5.39. The average Bonchev–Trinajstić information content (AvgIpc) is 2.76. The van der Waals surface area contributed by atoms with Crippen LogP contribution in [0.15, 0.2) is 29.2 Å². The van der Waals surface area contributed by atoms with E-state index >= 15 is 0 Å². The predicted octanol–water partition coefficient (Wildman–Crippen LogP) is 2.91. The molecule has 1 saturated heterocycles. The molecule has 1 aliphatic rings. The summed E-state index contributed by atoms with van der Waals surface area (Å²) in [7, 11) is 3.50. The van der Waals surface area contributed by atoms with Gasteiger partial charge in [0.05, 0.1) is 4.91 Å². The number of hydrogen-bond donors (Lipinski definition) is 1. The Bertz CT molecular complexity index is 692. The van der Waals surface area contributed by atoms with Crippen molar-refractivity contribution in [3.8, 4) is 0 Å². The van der Waals surface area contributed by atoms with Gasteiger partial charge in [0.25, 0.3) is 5.91 Å². The van der Waals surface area contributed by atoms with Crippen LogP contribution in [0.1, 0.15) is 18.4 Å². The van der Waals surface area contributed by atoms with E-state index < -0.39 is 0 Å². The molecule has 0 atom stereocenters. The topological polar surface area (TPSA) is 52.7 Å². The minimum Gasteiger partial charge on any atom is -0.293 e. The van der Waals surface area contributed by atoms with E-state index in [0.717, 1.165) is 5.56 Å². The fraction of sp³-hybridized carbons (Fsp3) is 0.312. The number of halogens is 1. The molecule has 0 saturated carbocycles.